The molecule has 2 bridgehead atoms. The van der Waals surface area contributed by atoms with Gasteiger partial charge in [0.15, 0.2) is 6.61 Å². The molecule has 0 heterocycles. The molecule has 20 heavy (non-hydrogen) atoms. The summed E-state index contributed by atoms with van der Waals surface area (Å²) >= 11 is 0. The number of esters is 1. The molecular weight excluding hydrogens is 264 g/mol. The monoisotopic (exact) mass is 282 g/mol. The van der Waals surface area contributed by atoms with Gasteiger partial charge in [0, 0.05) is 0 Å². The molecule has 6 nitrogen and oxygen atoms in total. The largest absolute Gasteiger partial charge is 0.481 e. The van der Waals surface area contributed by atoms with Crippen molar-refractivity contribution in [3.8, 4) is 0 Å². The second kappa shape index (κ2) is 4.75. The van der Waals surface area contributed by atoms with Crippen LogP contribution in [0.2, 0.25) is 0 Å². The van der Waals surface area contributed by atoms with Gasteiger partial charge >= 0.3 is 17.9 Å². The molecule has 0 radical (unpaired) electrons. The molecule has 3 saturated carbocycles. The van der Waals surface area contributed by atoms with Gasteiger partial charge in [-0.1, -0.05) is 6.42 Å². The lowest BCUT2D eigenvalue weighted by molar-refractivity contribution is -0.166. The van der Waals surface area contributed by atoms with E-state index in [9.17, 15) is 19.5 Å². The second-order valence-corrected chi connectivity index (χ2v) is 6.21. The summed E-state index contributed by atoms with van der Waals surface area (Å²) in [5.41, 5.74) is 0. The van der Waals surface area contributed by atoms with E-state index in [1.54, 1.807) is 0 Å². The fraction of sp³-hybridized carbons (Fsp3) is 0.786. The van der Waals surface area contributed by atoms with Crippen LogP contribution in [0.5, 0.6) is 0 Å². The second-order valence-electron chi connectivity index (χ2n) is 6.21. The Bertz CT molecular complexity index is 459. The van der Waals surface area contributed by atoms with E-state index >= 15 is 0 Å². The Morgan fingerprint density at radius 1 is 0.950 bits per heavy atom. The minimum Gasteiger partial charge on any atom is -0.481 e. The highest BCUT2D eigenvalue weighted by Gasteiger charge is 2.63. The summed E-state index contributed by atoms with van der Waals surface area (Å²) in [4.78, 5) is 34.1. The van der Waals surface area contributed by atoms with Crippen molar-refractivity contribution in [1.82, 2.24) is 0 Å². The van der Waals surface area contributed by atoms with Gasteiger partial charge in [-0.3, -0.25) is 9.59 Å². The summed E-state index contributed by atoms with van der Waals surface area (Å²) in [6.45, 7) is -0.687. The van der Waals surface area contributed by atoms with E-state index in [1.807, 2.05) is 0 Å². The summed E-state index contributed by atoms with van der Waals surface area (Å²) in [6, 6.07) is 0. The maximum absolute atomic E-state index is 12.1. The van der Waals surface area contributed by atoms with E-state index in [1.165, 1.54) is 0 Å². The summed E-state index contributed by atoms with van der Waals surface area (Å²) in [5.74, 6) is -3.16. The van der Waals surface area contributed by atoms with Crippen LogP contribution in [0.25, 0.3) is 0 Å². The third kappa shape index (κ3) is 1.89. The zero-order valence-corrected chi connectivity index (χ0v) is 11.0. The molecule has 3 aliphatic carbocycles. The van der Waals surface area contributed by atoms with Crippen molar-refractivity contribution >= 4 is 17.9 Å². The van der Waals surface area contributed by atoms with Crippen molar-refractivity contribution in [3.05, 3.63) is 0 Å². The minimum atomic E-state index is -1.22. The molecule has 3 fully saturated rings. The molecule has 0 saturated heterocycles. The fourth-order valence-corrected chi connectivity index (χ4v) is 4.99. The molecule has 2 N–H and O–H groups in total. The molecule has 6 heteroatoms. The first-order valence-corrected chi connectivity index (χ1v) is 7.12. The Morgan fingerprint density at radius 2 is 1.55 bits per heavy atom. The van der Waals surface area contributed by atoms with Crippen LogP contribution in [0.15, 0.2) is 0 Å². The summed E-state index contributed by atoms with van der Waals surface area (Å²) in [7, 11) is 0. The van der Waals surface area contributed by atoms with Crippen LogP contribution in [-0.4, -0.2) is 34.7 Å². The normalized spacial score (nSPS) is 41.4. The third-order valence-corrected chi connectivity index (χ3v) is 5.47. The van der Waals surface area contributed by atoms with Crippen LogP contribution in [0.4, 0.5) is 0 Å². The Hall–Kier alpha value is -1.59. The van der Waals surface area contributed by atoms with Crippen molar-refractivity contribution in [2.45, 2.75) is 25.7 Å². The van der Waals surface area contributed by atoms with Crippen LogP contribution in [0, 0.1) is 35.5 Å². The molecule has 0 aliphatic heterocycles. The summed E-state index contributed by atoms with van der Waals surface area (Å²) < 4.78 is 4.77. The maximum Gasteiger partial charge on any atom is 0.341 e. The van der Waals surface area contributed by atoms with Crippen molar-refractivity contribution < 1.29 is 29.3 Å². The van der Waals surface area contributed by atoms with Crippen molar-refractivity contribution in [2.24, 2.45) is 35.5 Å². The van der Waals surface area contributed by atoms with E-state index in [-0.39, 0.29) is 11.8 Å². The maximum atomic E-state index is 12.1. The smallest absolute Gasteiger partial charge is 0.341 e. The van der Waals surface area contributed by atoms with Crippen molar-refractivity contribution in [3.63, 3.8) is 0 Å². The van der Waals surface area contributed by atoms with Gasteiger partial charge in [-0.05, 0) is 42.9 Å². The topological polar surface area (TPSA) is 101 Å². The highest BCUT2D eigenvalue weighted by Crippen LogP contribution is 2.63. The number of carbonyl (C=O) groups is 3. The first-order valence-electron chi connectivity index (χ1n) is 7.12. The van der Waals surface area contributed by atoms with Gasteiger partial charge in [0.1, 0.15) is 0 Å². The van der Waals surface area contributed by atoms with Gasteiger partial charge < -0.3 is 14.9 Å². The number of fused-ring (bicyclic) bond motifs is 5. The molecule has 0 spiro atoms. The number of rotatable bonds is 4. The predicted molar refractivity (Wildman–Crippen MR) is 65.6 cm³/mol. The molecule has 0 amide bonds. The summed E-state index contributed by atoms with van der Waals surface area (Å²) in [6.07, 6.45) is 4.00. The van der Waals surface area contributed by atoms with Gasteiger partial charge in [0.05, 0.1) is 11.8 Å². The molecule has 6 unspecified atom stereocenters. The first kappa shape index (κ1) is 13.4. The van der Waals surface area contributed by atoms with Crippen LogP contribution < -0.4 is 0 Å². The lowest BCUT2D eigenvalue weighted by atomic mass is 9.69. The Morgan fingerprint density at radius 3 is 2.10 bits per heavy atom. The van der Waals surface area contributed by atoms with E-state index in [2.05, 4.69) is 0 Å². The lowest BCUT2D eigenvalue weighted by Gasteiger charge is -2.34. The molecular formula is C14H18O6. The van der Waals surface area contributed by atoms with Crippen LogP contribution in [0.3, 0.4) is 0 Å². The molecule has 3 rings (SSSR count). The van der Waals surface area contributed by atoms with E-state index in [4.69, 9.17) is 9.84 Å². The minimum absolute atomic E-state index is 0.0624. The zero-order chi connectivity index (χ0) is 14.4. The number of carbonyl (C=O) groups excluding carboxylic acids is 1. The number of aliphatic carboxylic acids is 2. The van der Waals surface area contributed by atoms with Crippen LogP contribution in [0.1, 0.15) is 25.7 Å². The first-order chi connectivity index (χ1) is 9.50. The Balaban J connectivity index is 1.80. The van der Waals surface area contributed by atoms with E-state index < -0.39 is 36.4 Å². The molecule has 6 atom stereocenters. The number of hydrogen-bond donors (Lipinski definition) is 2. The van der Waals surface area contributed by atoms with E-state index in [0.717, 1.165) is 25.7 Å². The molecule has 110 valence electrons. The standard InChI is InChI=1S/C14H18O6/c15-10(16)5-20-14(19)12-9-4-8(11(12)13(17)18)6-2-1-3-7(6)9/h6-9,11-12H,1-5H2,(H,15,16)(H,17,18). The molecule has 0 aromatic heterocycles. The molecule has 3 aliphatic rings. The molecule has 0 aromatic carbocycles. The van der Waals surface area contributed by atoms with Gasteiger partial charge in [-0.25, -0.2) is 4.79 Å². The highest BCUT2D eigenvalue weighted by molar-refractivity contribution is 5.84. The van der Waals surface area contributed by atoms with Crippen molar-refractivity contribution in [2.75, 3.05) is 6.61 Å². The quantitative estimate of drug-likeness (QED) is 0.746. The Labute approximate surface area is 116 Å². The van der Waals surface area contributed by atoms with Crippen molar-refractivity contribution in [1.29, 1.82) is 0 Å². The van der Waals surface area contributed by atoms with Gasteiger partial charge in [0.25, 0.3) is 0 Å². The van der Waals surface area contributed by atoms with Crippen LogP contribution in [-0.2, 0) is 19.1 Å². The zero-order valence-electron chi connectivity index (χ0n) is 11.0. The average Bonchev–Trinajstić information content (AvgIpc) is 3.04. The summed E-state index contributed by atoms with van der Waals surface area (Å²) in [5, 5.41) is 18.0. The molecule has 0 aromatic rings. The van der Waals surface area contributed by atoms with Gasteiger partial charge in [-0.15, -0.1) is 0 Å². The van der Waals surface area contributed by atoms with Crippen LogP contribution >= 0.6 is 0 Å². The highest BCUT2D eigenvalue weighted by atomic mass is 16.5. The number of carboxylic acids is 2. The van der Waals surface area contributed by atoms with E-state index in [0.29, 0.717) is 11.8 Å². The SMILES string of the molecule is O=C(O)COC(=O)C1C2CC(C3CCCC32)C1C(=O)O. The lowest BCUT2D eigenvalue weighted by Crippen LogP contribution is -2.42. The number of hydrogen-bond acceptors (Lipinski definition) is 4. The van der Waals surface area contributed by atoms with Gasteiger partial charge in [0.2, 0.25) is 0 Å². The van der Waals surface area contributed by atoms with Gasteiger partial charge in [-0.2, -0.15) is 0 Å². The predicted octanol–water partition coefficient (Wildman–Crippen LogP) is 0.997. The number of ether oxygens (including phenoxy) is 1. The Kier molecular flexibility index (Phi) is 3.18. The fourth-order valence-electron chi connectivity index (χ4n) is 4.99. The average molecular weight is 282 g/mol. The number of carboxylic acid groups (broad SMARTS) is 2. The third-order valence-electron chi connectivity index (χ3n) is 5.47.